The zero-order valence-corrected chi connectivity index (χ0v) is 12.6. The quantitative estimate of drug-likeness (QED) is 0.453. The summed E-state index contributed by atoms with van der Waals surface area (Å²) >= 11 is 4.24. The van der Waals surface area contributed by atoms with E-state index in [1.165, 1.54) is 0 Å². The van der Waals surface area contributed by atoms with Gasteiger partial charge in [-0.3, -0.25) is 9.47 Å². The van der Waals surface area contributed by atoms with Crippen LogP contribution in [0.1, 0.15) is 6.92 Å². The van der Waals surface area contributed by atoms with Crippen molar-refractivity contribution in [2.24, 2.45) is 0 Å². The van der Waals surface area contributed by atoms with Crippen LogP contribution in [0.3, 0.4) is 0 Å². The monoisotopic (exact) mass is 446 g/mol. The van der Waals surface area contributed by atoms with Gasteiger partial charge >= 0.3 is 5.97 Å². The molecular weight excluding hydrogens is 434 g/mol. The van der Waals surface area contributed by atoms with Gasteiger partial charge in [0.05, 0.1) is 0 Å². The van der Waals surface area contributed by atoms with E-state index in [-0.39, 0.29) is 0 Å². The summed E-state index contributed by atoms with van der Waals surface area (Å²) < 4.78 is 28.6. The number of hydrogen-bond acceptors (Lipinski definition) is 6. The van der Waals surface area contributed by atoms with E-state index >= 15 is 0 Å². The Hall–Kier alpha value is 1.22. The fourth-order valence-electron chi connectivity index (χ4n) is 0.759. The highest BCUT2D eigenvalue weighted by Gasteiger charge is 2.55. The molecule has 3 aliphatic rings. The third-order valence-electron chi connectivity index (χ3n) is 1.95. The molecule has 0 aliphatic carbocycles. The molecule has 8 heteroatoms. The Kier molecular flexibility index (Phi) is 5.93. The van der Waals surface area contributed by atoms with Gasteiger partial charge in [0.1, 0.15) is 6.61 Å². The normalized spacial score (nSPS) is 27.2. The van der Waals surface area contributed by atoms with Crippen LogP contribution in [-0.4, -0.2) is 39.2 Å². The zero-order chi connectivity index (χ0) is 11.4. The SMILES string of the molecule is C1OC2(CO2)O1.COC1(C)OCO1.II. The van der Waals surface area contributed by atoms with Gasteiger partial charge in [0.25, 0.3) is 5.97 Å². The molecule has 0 bridgehead atoms. The van der Waals surface area contributed by atoms with E-state index in [1.54, 1.807) is 14.0 Å². The molecular formula is C7H12I2O6. The summed E-state index contributed by atoms with van der Waals surface area (Å²) in [5.41, 5.74) is 0. The Bertz CT molecular complexity index is 182. The van der Waals surface area contributed by atoms with Gasteiger partial charge in [0.2, 0.25) is 0 Å². The lowest BCUT2D eigenvalue weighted by Crippen LogP contribution is -2.45. The number of methoxy groups -OCH3 is 1. The Morgan fingerprint density at radius 1 is 1.00 bits per heavy atom. The maximum absolute atomic E-state index is 4.82. The predicted octanol–water partition coefficient (Wildman–Crippen LogP) is 1.76. The Labute approximate surface area is 111 Å². The molecule has 3 saturated heterocycles. The first-order chi connectivity index (χ1) is 7.18. The van der Waals surface area contributed by atoms with Gasteiger partial charge in [0.15, 0.2) is 13.6 Å². The highest BCUT2D eigenvalue weighted by atomic mass is 128. The lowest BCUT2D eigenvalue weighted by molar-refractivity contribution is -0.486. The molecule has 3 rings (SSSR count). The van der Waals surface area contributed by atoms with Crippen LogP contribution in [-0.2, 0) is 28.4 Å². The van der Waals surface area contributed by atoms with Crippen LogP contribution < -0.4 is 0 Å². The highest BCUT2D eigenvalue weighted by molar-refractivity contribution is 15.0. The Morgan fingerprint density at radius 3 is 1.47 bits per heavy atom. The standard InChI is InChI=1S/C4H8O3.C3H4O3.I2/c1-4(5-2)6-3-7-4;1-3(4-1)5-2-6-3;1-2/h3H2,1-2H3;1-2H2;. The molecule has 0 atom stereocenters. The third-order valence-corrected chi connectivity index (χ3v) is 1.95. The molecule has 0 N–H and O–H groups in total. The first-order valence-electron chi connectivity index (χ1n) is 4.07. The zero-order valence-electron chi connectivity index (χ0n) is 8.33. The molecule has 3 heterocycles. The minimum absolute atomic E-state index is 0.352. The summed E-state index contributed by atoms with van der Waals surface area (Å²) in [6.45, 7) is 3.09. The van der Waals surface area contributed by atoms with Crippen molar-refractivity contribution in [1.82, 2.24) is 0 Å². The van der Waals surface area contributed by atoms with Crippen LogP contribution in [0.4, 0.5) is 0 Å². The van der Waals surface area contributed by atoms with Crippen molar-refractivity contribution in [3.8, 4) is 0 Å². The maximum Gasteiger partial charge on any atom is 0.312 e. The van der Waals surface area contributed by atoms with Gasteiger partial charge < -0.3 is 18.9 Å². The second-order valence-electron chi connectivity index (χ2n) is 2.85. The average Bonchev–Trinajstić information content (AvgIpc) is 2.97. The number of epoxide rings is 1. The minimum atomic E-state index is -0.736. The van der Waals surface area contributed by atoms with Gasteiger partial charge in [-0.2, -0.15) is 0 Å². The summed E-state index contributed by atoms with van der Waals surface area (Å²) in [5.74, 6) is -1.26. The summed E-state index contributed by atoms with van der Waals surface area (Å²) in [6.07, 6.45) is 0. The second-order valence-corrected chi connectivity index (χ2v) is 2.85. The van der Waals surface area contributed by atoms with Gasteiger partial charge in [-0.05, 0) is 0 Å². The van der Waals surface area contributed by atoms with Crippen molar-refractivity contribution in [3.63, 3.8) is 0 Å². The molecule has 0 unspecified atom stereocenters. The van der Waals surface area contributed by atoms with Gasteiger partial charge in [-0.15, -0.1) is 0 Å². The van der Waals surface area contributed by atoms with Gasteiger partial charge in [-0.1, -0.05) is 0 Å². The molecule has 0 aromatic rings. The van der Waals surface area contributed by atoms with Crippen molar-refractivity contribution in [2.75, 3.05) is 27.3 Å². The average molecular weight is 446 g/mol. The van der Waals surface area contributed by atoms with E-state index < -0.39 is 11.9 Å². The second kappa shape index (κ2) is 6.23. The molecule has 15 heavy (non-hydrogen) atoms. The molecule has 3 aliphatic heterocycles. The lowest BCUT2D eigenvalue weighted by atomic mass is 10.6. The van der Waals surface area contributed by atoms with Crippen LogP contribution >= 0.6 is 37.2 Å². The third kappa shape index (κ3) is 4.18. The van der Waals surface area contributed by atoms with Crippen LogP contribution in [0.15, 0.2) is 0 Å². The highest BCUT2D eigenvalue weighted by Crippen LogP contribution is 2.36. The summed E-state index contributed by atoms with van der Waals surface area (Å²) in [4.78, 5) is 0. The molecule has 0 amide bonds. The van der Waals surface area contributed by atoms with E-state index in [2.05, 4.69) is 42.0 Å². The molecule has 0 aromatic heterocycles. The summed E-state index contributed by atoms with van der Waals surface area (Å²) in [7, 11) is 1.54. The molecule has 0 aromatic carbocycles. The van der Waals surface area contributed by atoms with Crippen LogP contribution in [0.5, 0.6) is 0 Å². The van der Waals surface area contributed by atoms with Crippen LogP contribution in [0.2, 0.25) is 0 Å². The fraction of sp³-hybridized carbons (Fsp3) is 1.00. The van der Waals surface area contributed by atoms with E-state index in [0.29, 0.717) is 20.2 Å². The first kappa shape index (κ1) is 14.3. The van der Waals surface area contributed by atoms with E-state index in [4.69, 9.17) is 23.7 Å². The largest absolute Gasteiger partial charge is 0.331 e. The lowest BCUT2D eigenvalue weighted by Gasteiger charge is -2.35. The van der Waals surface area contributed by atoms with E-state index in [1.807, 2.05) is 0 Å². The molecule has 0 radical (unpaired) electrons. The predicted molar refractivity (Wildman–Crippen MR) is 66.2 cm³/mol. The summed E-state index contributed by atoms with van der Waals surface area (Å²) in [5, 5.41) is 0. The minimum Gasteiger partial charge on any atom is -0.331 e. The van der Waals surface area contributed by atoms with Crippen molar-refractivity contribution in [1.29, 1.82) is 0 Å². The topological polar surface area (TPSA) is 58.7 Å². The fourth-order valence-corrected chi connectivity index (χ4v) is 0.759. The Morgan fingerprint density at radius 2 is 1.47 bits per heavy atom. The van der Waals surface area contributed by atoms with Crippen molar-refractivity contribution >= 4 is 37.2 Å². The number of hydrogen-bond donors (Lipinski definition) is 0. The van der Waals surface area contributed by atoms with Gasteiger partial charge in [0, 0.05) is 51.3 Å². The van der Waals surface area contributed by atoms with Crippen LogP contribution in [0.25, 0.3) is 0 Å². The van der Waals surface area contributed by atoms with E-state index in [0.717, 1.165) is 0 Å². The summed E-state index contributed by atoms with van der Waals surface area (Å²) in [6, 6.07) is 0. The first-order valence-corrected chi connectivity index (χ1v) is 10.4. The Balaban J connectivity index is 0.000000130. The van der Waals surface area contributed by atoms with Gasteiger partial charge in [-0.25, -0.2) is 0 Å². The number of rotatable bonds is 1. The van der Waals surface area contributed by atoms with E-state index in [9.17, 15) is 0 Å². The molecule has 1 spiro atoms. The molecule has 6 nitrogen and oxygen atoms in total. The van der Waals surface area contributed by atoms with Crippen molar-refractivity contribution in [2.45, 2.75) is 18.9 Å². The maximum atomic E-state index is 4.82. The molecule has 3 fully saturated rings. The van der Waals surface area contributed by atoms with Crippen molar-refractivity contribution < 1.29 is 28.4 Å². The van der Waals surface area contributed by atoms with Crippen LogP contribution in [0, 0.1) is 0 Å². The molecule has 90 valence electrons. The number of halogens is 2. The van der Waals surface area contributed by atoms with Crippen molar-refractivity contribution in [3.05, 3.63) is 0 Å². The molecule has 0 saturated carbocycles. The number of ether oxygens (including phenoxy) is 6. The smallest absolute Gasteiger partial charge is 0.312 e.